The molecule has 0 aromatic carbocycles. The van der Waals surface area contributed by atoms with E-state index in [2.05, 4.69) is 21.8 Å². The van der Waals surface area contributed by atoms with Crippen LogP contribution in [0, 0.1) is 0 Å². The van der Waals surface area contributed by atoms with Crippen molar-refractivity contribution in [1.82, 2.24) is 15.1 Å². The summed E-state index contributed by atoms with van der Waals surface area (Å²) >= 11 is 1.82. The maximum absolute atomic E-state index is 11.6. The SMILES string of the molecule is CSCCCNc1ccc(C(=O)N(C)C)nn1. The number of carbonyl (C=O) groups excluding carboxylic acids is 1. The van der Waals surface area contributed by atoms with Crippen LogP contribution in [0.1, 0.15) is 16.9 Å². The van der Waals surface area contributed by atoms with E-state index >= 15 is 0 Å². The van der Waals surface area contributed by atoms with Crippen molar-refractivity contribution in [3.05, 3.63) is 17.8 Å². The van der Waals surface area contributed by atoms with Gasteiger partial charge in [0, 0.05) is 20.6 Å². The first-order valence-corrected chi connectivity index (χ1v) is 6.82. The lowest BCUT2D eigenvalue weighted by Crippen LogP contribution is -2.23. The molecule has 0 saturated heterocycles. The molecule has 0 bridgehead atoms. The Labute approximate surface area is 106 Å². The fourth-order valence-electron chi connectivity index (χ4n) is 1.20. The van der Waals surface area contributed by atoms with Crippen LogP contribution in [0.5, 0.6) is 0 Å². The molecule has 6 heteroatoms. The molecule has 17 heavy (non-hydrogen) atoms. The van der Waals surface area contributed by atoms with Crippen LogP contribution < -0.4 is 5.32 Å². The monoisotopic (exact) mass is 254 g/mol. The molecular formula is C11H18N4OS. The summed E-state index contributed by atoms with van der Waals surface area (Å²) in [4.78, 5) is 13.0. The smallest absolute Gasteiger partial charge is 0.273 e. The zero-order chi connectivity index (χ0) is 12.7. The Hall–Kier alpha value is -1.30. The van der Waals surface area contributed by atoms with E-state index in [1.165, 1.54) is 4.90 Å². The van der Waals surface area contributed by atoms with E-state index in [9.17, 15) is 4.79 Å². The molecule has 0 aliphatic rings. The van der Waals surface area contributed by atoms with Gasteiger partial charge in [0.1, 0.15) is 5.82 Å². The average Bonchev–Trinajstić information content (AvgIpc) is 2.34. The Morgan fingerprint density at radius 3 is 2.71 bits per heavy atom. The van der Waals surface area contributed by atoms with Gasteiger partial charge in [0.05, 0.1) is 0 Å². The summed E-state index contributed by atoms with van der Waals surface area (Å²) in [6.45, 7) is 0.872. The van der Waals surface area contributed by atoms with Crippen molar-refractivity contribution in [2.45, 2.75) is 6.42 Å². The van der Waals surface area contributed by atoms with E-state index in [0.29, 0.717) is 11.5 Å². The highest BCUT2D eigenvalue weighted by atomic mass is 32.2. The molecule has 0 spiro atoms. The molecule has 0 unspecified atom stereocenters. The lowest BCUT2D eigenvalue weighted by molar-refractivity contribution is 0.0821. The fraction of sp³-hybridized carbons (Fsp3) is 0.545. The van der Waals surface area contributed by atoms with Gasteiger partial charge in [0.25, 0.3) is 5.91 Å². The van der Waals surface area contributed by atoms with Crippen molar-refractivity contribution in [3.8, 4) is 0 Å². The molecule has 0 fully saturated rings. The van der Waals surface area contributed by atoms with Gasteiger partial charge in [0.2, 0.25) is 0 Å². The maximum Gasteiger partial charge on any atom is 0.273 e. The van der Waals surface area contributed by atoms with Crippen LogP contribution in [-0.4, -0.2) is 53.7 Å². The summed E-state index contributed by atoms with van der Waals surface area (Å²) in [5.41, 5.74) is 0.365. The van der Waals surface area contributed by atoms with Gasteiger partial charge in [-0.05, 0) is 30.6 Å². The van der Waals surface area contributed by atoms with Gasteiger partial charge >= 0.3 is 0 Å². The predicted molar refractivity (Wildman–Crippen MR) is 71.5 cm³/mol. The van der Waals surface area contributed by atoms with Crippen LogP contribution >= 0.6 is 11.8 Å². The molecule has 1 rings (SSSR count). The molecule has 1 aromatic rings. The lowest BCUT2D eigenvalue weighted by Gasteiger charge is -2.09. The molecule has 0 atom stereocenters. The van der Waals surface area contributed by atoms with Crippen molar-refractivity contribution in [3.63, 3.8) is 0 Å². The van der Waals surface area contributed by atoms with Crippen LogP contribution in [-0.2, 0) is 0 Å². The number of nitrogens with one attached hydrogen (secondary N) is 1. The van der Waals surface area contributed by atoms with Crippen molar-refractivity contribution < 1.29 is 4.79 Å². The molecule has 1 heterocycles. The zero-order valence-corrected chi connectivity index (χ0v) is 11.3. The van der Waals surface area contributed by atoms with Gasteiger partial charge in [-0.15, -0.1) is 10.2 Å². The van der Waals surface area contributed by atoms with Crippen LogP contribution in [0.3, 0.4) is 0 Å². The number of rotatable bonds is 6. The predicted octanol–water partition coefficient (Wildman–Crippen LogP) is 1.34. The highest BCUT2D eigenvalue weighted by Crippen LogP contribution is 2.04. The molecule has 0 aliphatic carbocycles. The van der Waals surface area contributed by atoms with Gasteiger partial charge in [-0.2, -0.15) is 11.8 Å². The first-order valence-electron chi connectivity index (χ1n) is 5.43. The van der Waals surface area contributed by atoms with Crippen LogP contribution in [0.25, 0.3) is 0 Å². The number of hydrogen-bond donors (Lipinski definition) is 1. The molecule has 1 aromatic heterocycles. The molecule has 1 amide bonds. The summed E-state index contributed by atoms with van der Waals surface area (Å²) in [5, 5.41) is 11.0. The third-order valence-electron chi connectivity index (χ3n) is 2.12. The quantitative estimate of drug-likeness (QED) is 0.776. The topological polar surface area (TPSA) is 58.1 Å². The van der Waals surface area contributed by atoms with Crippen molar-refractivity contribution in [2.24, 2.45) is 0 Å². The van der Waals surface area contributed by atoms with Crippen molar-refractivity contribution in [2.75, 3.05) is 38.0 Å². The van der Waals surface area contributed by atoms with E-state index in [4.69, 9.17) is 0 Å². The zero-order valence-electron chi connectivity index (χ0n) is 10.4. The minimum absolute atomic E-state index is 0.133. The minimum Gasteiger partial charge on any atom is -0.369 e. The average molecular weight is 254 g/mol. The molecule has 1 N–H and O–H groups in total. The second kappa shape index (κ2) is 7.11. The summed E-state index contributed by atoms with van der Waals surface area (Å²) in [6.07, 6.45) is 3.17. The molecule has 0 saturated carbocycles. The van der Waals surface area contributed by atoms with E-state index in [-0.39, 0.29) is 5.91 Å². The van der Waals surface area contributed by atoms with Crippen LogP contribution in [0.4, 0.5) is 5.82 Å². The second-order valence-electron chi connectivity index (χ2n) is 3.78. The standard InChI is InChI=1S/C11H18N4OS/c1-15(2)11(16)9-5-6-10(14-13-9)12-7-4-8-17-3/h5-6H,4,7-8H2,1-3H3,(H,12,14). The first kappa shape index (κ1) is 13.8. The Balaban J connectivity index is 2.47. The summed E-state index contributed by atoms with van der Waals surface area (Å²) in [5.74, 6) is 1.70. The number of nitrogens with zero attached hydrogens (tertiary/aromatic N) is 3. The Kier molecular flexibility index (Phi) is 5.76. The van der Waals surface area contributed by atoms with Crippen molar-refractivity contribution >= 4 is 23.5 Å². The summed E-state index contributed by atoms with van der Waals surface area (Å²) in [6, 6.07) is 3.47. The fourth-order valence-corrected chi connectivity index (χ4v) is 1.64. The third-order valence-corrected chi connectivity index (χ3v) is 2.82. The van der Waals surface area contributed by atoms with Gasteiger partial charge < -0.3 is 10.2 Å². The molecular weight excluding hydrogens is 236 g/mol. The normalized spacial score (nSPS) is 10.1. The van der Waals surface area contributed by atoms with E-state index in [1.807, 2.05) is 11.8 Å². The largest absolute Gasteiger partial charge is 0.369 e. The van der Waals surface area contributed by atoms with E-state index in [1.54, 1.807) is 26.2 Å². The number of amides is 1. The number of carbonyl (C=O) groups is 1. The molecule has 0 aliphatic heterocycles. The Morgan fingerprint density at radius 1 is 1.41 bits per heavy atom. The van der Waals surface area contributed by atoms with Gasteiger partial charge in [-0.3, -0.25) is 4.79 Å². The molecule has 0 radical (unpaired) electrons. The Morgan fingerprint density at radius 2 is 2.18 bits per heavy atom. The lowest BCUT2D eigenvalue weighted by atomic mass is 10.3. The number of thioether (sulfide) groups is 1. The second-order valence-corrected chi connectivity index (χ2v) is 4.76. The van der Waals surface area contributed by atoms with E-state index in [0.717, 1.165) is 18.7 Å². The van der Waals surface area contributed by atoms with Gasteiger partial charge in [0.15, 0.2) is 5.69 Å². The highest BCUT2D eigenvalue weighted by molar-refractivity contribution is 7.98. The highest BCUT2D eigenvalue weighted by Gasteiger charge is 2.09. The number of anilines is 1. The molecule has 94 valence electrons. The van der Waals surface area contributed by atoms with E-state index < -0.39 is 0 Å². The third kappa shape index (κ3) is 4.60. The van der Waals surface area contributed by atoms with Crippen LogP contribution in [0.15, 0.2) is 12.1 Å². The Bertz CT molecular complexity index is 353. The summed E-state index contributed by atoms with van der Waals surface area (Å²) in [7, 11) is 3.39. The number of hydrogen-bond acceptors (Lipinski definition) is 5. The molecule has 5 nitrogen and oxygen atoms in total. The summed E-state index contributed by atoms with van der Waals surface area (Å²) < 4.78 is 0. The minimum atomic E-state index is -0.133. The van der Waals surface area contributed by atoms with Gasteiger partial charge in [-0.25, -0.2) is 0 Å². The van der Waals surface area contributed by atoms with Gasteiger partial charge in [-0.1, -0.05) is 0 Å². The first-order chi connectivity index (χ1) is 8.15. The van der Waals surface area contributed by atoms with Crippen molar-refractivity contribution in [1.29, 1.82) is 0 Å². The maximum atomic E-state index is 11.6. The number of aromatic nitrogens is 2. The van der Waals surface area contributed by atoms with Crippen LogP contribution in [0.2, 0.25) is 0 Å².